The zero-order valence-corrected chi connectivity index (χ0v) is 69.9. The molecule has 692 valence electrons. The van der Waals surface area contributed by atoms with Gasteiger partial charge in [-0.1, -0.05) is 95.8 Å². The molecule has 4 saturated heterocycles. The summed E-state index contributed by atoms with van der Waals surface area (Å²) in [6.07, 6.45) is -27.3. The van der Waals surface area contributed by atoms with E-state index in [9.17, 15) is 105 Å². The van der Waals surface area contributed by atoms with Crippen LogP contribution in [0.2, 0.25) is 0 Å². The minimum atomic E-state index is -2.38. The number of esters is 1. The second-order valence-electron chi connectivity index (χ2n) is 31.0. The Bertz CT molecular complexity index is 3570. The predicted octanol–water partition coefficient (Wildman–Crippen LogP) is -8.03. The van der Waals surface area contributed by atoms with Crippen LogP contribution in [0.1, 0.15) is 163 Å². The first-order valence-corrected chi connectivity index (χ1v) is 41.2. The second kappa shape index (κ2) is 51.8. The van der Waals surface area contributed by atoms with Crippen molar-refractivity contribution < 1.29 is 157 Å². The van der Waals surface area contributed by atoms with Gasteiger partial charge in [0.2, 0.25) is 53.2 Å². The van der Waals surface area contributed by atoms with Crippen molar-refractivity contribution in [2.24, 2.45) is 11.5 Å². The number of carbonyl (C=O) groups is 12. The summed E-state index contributed by atoms with van der Waals surface area (Å²) in [6.45, 7) is 5.07. The summed E-state index contributed by atoms with van der Waals surface area (Å²) in [7, 11) is 1.02. The molecule has 44 heteroatoms. The number of hydrogen-bond acceptors (Lipinski definition) is 33. The summed E-state index contributed by atoms with van der Waals surface area (Å²) >= 11 is 0. The SMILES string of the molecule is CC=C1NC(=O)C(Cc2ccc(O)cc2)NC(=O)C(C(C)O)NC(=O)C(NC(=O)C(NC(=O)C(O)C(CCCCCCCCCCCCC)OC2OCC(O)C(OC3OC(CO)C(O)C(O)C3NC(C)=O)C2O)C(C)O)C(C)OC(=O)C(CCCCN)NC(=O)C(C(C)OC2OC(CO)C(O)C(O)C2O)N(C)C(=O)CNC(=O)C(CCC(N)=O)NC1=O. The maximum absolute atomic E-state index is 15.3. The van der Waals surface area contributed by atoms with Gasteiger partial charge < -0.3 is 164 Å². The highest BCUT2D eigenvalue weighted by Gasteiger charge is 2.52. The van der Waals surface area contributed by atoms with E-state index < -0.39 is 287 Å². The van der Waals surface area contributed by atoms with Crippen LogP contribution in [0.25, 0.3) is 0 Å². The lowest BCUT2D eigenvalue weighted by molar-refractivity contribution is -0.339. The van der Waals surface area contributed by atoms with Crippen LogP contribution in [0.15, 0.2) is 36.0 Å². The fourth-order valence-electron chi connectivity index (χ4n) is 14.1. The number of benzene rings is 1. The monoisotopic (exact) mass is 1740 g/mol. The number of allylic oxidation sites excluding steroid dienone is 1. The molecule has 0 bridgehead atoms. The van der Waals surface area contributed by atoms with Gasteiger partial charge in [-0.3, -0.25) is 52.7 Å². The van der Waals surface area contributed by atoms with Crippen molar-refractivity contribution in [3.8, 4) is 5.75 Å². The quantitative estimate of drug-likeness (QED) is 0.0166. The standard InChI is InChI=1S/C78H128N12O32/c1-9-11-12-13-14-15-16-17-18-19-20-24-49(119-77-65(106)66(48(97)36-116-77)122-76-57(82-41(7)95)62(103)59(100)50(34-91)120-76)61(102)74(114)88-55(38(4)94)71(111)89-56-39(5)117-75(115)46(23-21-22-31-79)85-73(113)58(40(6)118-78-64(105)63(104)60(101)51(35-92)121-78)90(8)53(99)33-81-67(107)45(29-30-52(80)98)84-68(108)44(10-2)83-69(109)47(32-42-25-27-43(96)28-26-42)86-70(110)54(37(3)93)87-72(56)112/h10,25-28,37-40,45-51,54-66,76-78,91-94,96-97,100-106H,9,11-24,29-36,79H2,1-8H3,(H2,80,98)(H,81,107)(H,82,95)(H,83,109)(H,84,108)(H,85,113)(H,86,110)(H,87,112)(H,88,114)(H,89,111). The number of cyclic esters (lactones) is 1. The number of phenols is 1. The van der Waals surface area contributed by atoms with E-state index in [1.807, 2.05) is 0 Å². The van der Waals surface area contributed by atoms with Crippen molar-refractivity contribution in [3.05, 3.63) is 41.6 Å². The number of aliphatic hydroxyl groups is 12. The second-order valence-corrected chi connectivity index (χ2v) is 31.0. The number of nitrogens with two attached hydrogens (primary N) is 2. The third-order valence-corrected chi connectivity index (χ3v) is 21.3. The number of unbranched alkanes of at least 4 members (excludes halogenated alkanes) is 11. The number of aromatic hydroxyl groups is 1. The third-order valence-electron chi connectivity index (χ3n) is 21.3. The molecular weight excluding hydrogens is 1620 g/mol. The highest BCUT2D eigenvalue weighted by molar-refractivity contribution is 6.02. The number of carbonyl (C=O) groups excluding carboxylic acids is 12. The van der Waals surface area contributed by atoms with Crippen molar-refractivity contribution >= 4 is 70.9 Å². The minimum Gasteiger partial charge on any atom is -0.508 e. The molecule has 26 N–H and O–H groups in total. The molecule has 11 amide bonds. The molecule has 1 aromatic carbocycles. The van der Waals surface area contributed by atoms with Crippen LogP contribution in [-0.4, -0.2) is 347 Å². The fraction of sp³-hybridized carbons (Fsp3) is 0.744. The van der Waals surface area contributed by atoms with Gasteiger partial charge in [-0.15, -0.1) is 0 Å². The van der Waals surface area contributed by atoms with Crippen molar-refractivity contribution in [2.45, 2.75) is 329 Å². The first-order valence-electron chi connectivity index (χ1n) is 41.2. The van der Waals surface area contributed by atoms with Gasteiger partial charge in [0.05, 0.1) is 50.8 Å². The summed E-state index contributed by atoms with van der Waals surface area (Å²) < 4.78 is 40.9. The van der Waals surface area contributed by atoms with Gasteiger partial charge in [-0.25, -0.2) is 4.79 Å². The van der Waals surface area contributed by atoms with Gasteiger partial charge >= 0.3 is 5.97 Å². The molecule has 0 spiro atoms. The average molecular weight is 1750 g/mol. The number of amides is 11. The van der Waals surface area contributed by atoms with E-state index in [1.54, 1.807) is 0 Å². The van der Waals surface area contributed by atoms with Gasteiger partial charge in [0.15, 0.2) is 25.0 Å². The van der Waals surface area contributed by atoms with Crippen LogP contribution >= 0.6 is 0 Å². The van der Waals surface area contributed by atoms with Crippen molar-refractivity contribution in [3.63, 3.8) is 0 Å². The Morgan fingerprint density at radius 2 is 1.26 bits per heavy atom. The summed E-state index contributed by atoms with van der Waals surface area (Å²) in [6, 6.07) is -10.7. The first-order chi connectivity index (χ1) is 57.7. The summed E-state index contributed by atoms with van der Waals surface area (Å²) in [5, 5.41) is 163. The zero-order valence-electron chi connectivity index (χ0n) is 69.9. The lowest BCUT2D eigenvalue weighted by Crippen LogP contribution is -2.67. The van der Waals surface area contributed by atoms with Crippen LogP contribution in [0.3, 0.4) is 0 Å². The Labute approximate surface area is 705 Å². The Kier molecular flexibility index (Phi) is 44.2. The van der Waals surface area contributed by atoms with Crippen LogP contribution in [-0.2, 0) is 97.1 Å². The van der Waals surface area contributed by atoms with Crippen molar-refractivity contribution in [2.75, 3.05) is 40.0 Å². The molecule has 4 heterocycles. The molecule has 27 atom stereocenters. The molecule has 0 aromatic heterocycles. The van der Waals surface area contributed by atoms with Crippen LogP contribution in [0.4, 0.5) is 0 Å². The number of hydrogen-bond donors (Lipinski definition) is 24. The number of nitrogens with one attached hydrogen (secondary N) is 9. The highest BCUT2D eigenvalue weighted by atomic mass is 16.7. The molecule has 4 aliphatic heterocycles. The van der Waals surface area contributed by atoms with Crippen LogP contribution in [0.5, 0.6) is 5.75 Å². The predicted molar refractivity (Wildman–Crippen MR) is 423 cm³/mol. The van der Waals surface area contributed by atoms with E-state index in [1.165, 1.54) is 31.2 Å². The molecule has 0 radical (unpaired) electrons. The van der Waals surface area contributed by atoms with Gasteiger partial charge in [-0.05, 0) is 91.0 Å². The normalized spacial score (nSPS) is 31.0. The number of ether oxygens (including phenoxy) is 7. The van der Waals surface area contributed by atoms with E-state index in [-0.39, 0.29) is 50.0 Å². The maximum atomic E-state index is 15.3. The van der Waals surface area contributed by atoms with E-state index in [0.717, 1.165) is 99.1 Å². The maximum Gasteiger partial charge on any atom is 0.328 e. The van der Waals surface area contributed by atoms with Crippen molar-refractivity contribution in [1.29, 1.82) is 0 Å². The molecule has 1 aromatic rings. The highest BCUT2D eigenvalue weighted by Crippen LogP contribution is 2.31. The van der Waals surface area contributed by atoms with Crippen LogP contribution in [0, 0.1) is 0 Å². The third kappa shape index (κ3) is 31.4. The zero-order chi connectivity index (χ0) is 90.9. The Morgan fingerprint density at radius 3 is 1.84 bits per heavy atom. The topological polar surface area (TPSA) is 696 Å². The first kappa shape index (κ1) is 104. The number of nitrogens with zero attached hydrogens (tertiary/aromatic N) is 1. The number of aliphatic hydroxyl groups excluding tert-OH is 12. The Hall–Kier alpha value is -8.36. The summed E-state index contributed by atoms with van der Waals surface area (Å²) in [5.74, 6) is -15.2. The molecule has 44 nitrogen and oxygen atoms in total. The number of primary amides is 1. The van der Waals surface area contributed by atoms with Crippen molar-refractivity contribution in [1.82, 2.24) is 52.8 Å². The molecule has 4 aliphatic rings. The van der Waals surface area contributed by atoms with E-state index in [4.69, 9.17) is 44.6 Å². The fourth-order valence-corrected chi connectivity index (χ4v) is 14.1. The molecule has 0 saturated carbocycles. The molecule has 4 fully saturated rings. The Balaban J connectivity index is 1.61. The van der Waals surface area contributed by atoms with E-state index in [2.05, 4.69) is 54.8 Å². The molecular formula is C78H128N12O32. The van der Waals surface area contributed by atoms with E-state index >= 15 is 19.2 Å². The average Bonchev–Trinajstić information content (AvgIpc) is 0.802. The van der Waals surface area contributed by atoms with Crippen LogP contribution < -0.4 is 59.3 Å². The summed E-state index contributed by atoms with van der Waals surface area (Å²) in [5.41, 5.74) is 10.9. The Morgan fingerprint density at radius 1 is 0.664 bits per heavy atom. The number of likely N-dealkylation sites (N-methyl/N-ethyl adjacent to an activating group) is 1. The van der Waals surface area contributed by atoms with Gasteiger partial charge in [-0.2, -0.15) is 0 Å². The van der Waals surface area contributed by atoms with E-state index in [0.29, 0.717) is 17.7 Å². The smallest absolute Gasteiger partial charge is 0.328 e. The minimum absolute atomic E-state index is 0.00217. The molecule has 0 aliphatic carbocycles. The molecule has 27 unspecified atom stereocenters. The lowest BCUT2D eigenvalue weighted by Gasteiger charge is -2.46. The van der Waals surface area contributed by atoms with Gasteiger partial charge in [0, 0.05) is 26.8 Å². The molecule has 5 rings (SSSR count). The number of phenolic OH excluding ortho intramolecular Hbond substituents is 1. The molecule has 122 heavy (non-hydrogen) atoms. The number of rotatable bonds is 38. The lowest BCUT2D eigenvalue weighted by atomic mass is 9.96. The van der Waals surface area contributed by atoms with Gasteiger partial charge in [0.1, 0.15) is 127 Å². The largest absolute Gasteiger partial charge is 0.508 e. The summed E-state index contributed by atoms with van der Waals surface area (Å²) in [4.78, 5) is 172. The van der Waals surface area contributed by atoms with Gasteiger partial charge in [0.25, 0.3) is 11.8 Å².